The lowest BCUT2D eigenvalue weighted by molar-refractivity contribution is 0.0964. The first-order chi connectivity index (χ1) is 11.0. The maximum atomic E-state index is 13.1. The molecule has 0 aromatic heterocycles. The zero-order valence-corrected chi connectivity index (χ0v) is 15.2. The summed E-state index contributed by atoms with van der Waals surface area (Å²) in [5.41, 5.74) is 0.702. The van der Waals surface area contributed by atoms with E-state index in [0.717, 1.165) is 12.8 Å². The van der Waals surface area contributed by atoms with Gasteiger partial charge in [0.1, 0.15) is 5.82 Å². The molecule has 1 aliphatic rings. The molecular weight excluding hydrogens is 385 g/mol. The van der Waals surface area contributed by atoms with Crippen LogP contribution in [0.2, 0.25) is 0 Å². The molecule has 1 aromatic carbocycles. The van der Waals surface area contributed by atoms with E-state index in [4.69, 9.17) is 17.0 Å². The van der Waals surface area contributed by atoms with E-state index < -0.39 is 0 Å². The molecule has 1 heterocycles. The van der Waals surface area contributed by atoms with Gasteiger partial charge >= 0.3 is 6.09 Å². The average molecular weight is 404 g/mol. The molecule has 23 heavy (non-hydrogen) atoms. The van der Waals surface area contributed by atoms with Crippen molar-refractivity contribution in [2.24, 2.45) is 0 Å². The first-order valence-electron chi connectivity index (χ1n) is 7.44. The van der Waals surface area contributed by atoms with Crippen LogP contribution in [0.4, 0.5) is 14.9 Å². The molecule has 0 atom stereocenters. The van der Waals surface area contributed by atoms with Gasteiger partial charge in [0, 0.05) is 23.6 Å². The van der Waals surface area contributed by atoms with E-state index >= 15 is 0 Å². The fourth-order valence-corrected chi connectivity index (χ4v) is 3.08. The van der Waals surface area contributed by atoms with Gasteiger partial charge in [0.2, 0.25) is 0 Å². The Balaban J connectivity index is 1.79. The van der Waals surface area contributed by atoms with Crippen LogP contribution in [0.5, 0.6) is 0 Å². The summed E-state index contributed by atoms with van der Waals surface area (Å²) < 4.78 is 18.7. The Hall–Kier alpha value is -1.41. The van der Waals surface area contributed by atoms with E-state index in [1.165, 1.54) is 12.1 Å². The molecular formula is C15H19BrFN3O2S. The summed E-state index contributed by atoms with van der Waals surface area (Å²) in [6, 6.07) is 4.56. The summed E-state index contributed by atoms with van der Waals surface area (Å²) in [4.78, 5) is 13.3. The lowest BCUT2D eigenvalue weighted by atomic mass is 10.1. The lowest BCUT2D eigenvalue weighted by Crippen LogP contribution is -2.47. The first kappa shape index (κ1) is 17.9. The number of anilines is 1. The molecule has 8 heteroatoms. The molecule has 1 aliphatic heterocycles. The summed E-state index contributed by atoms with van der Waals surface area (Å²) in [6.45, 7) is 3.46. The number of thiocarbonyl (C=S) groups is 1. The highest BCUT2D eigenvalue weighted by Crippen LogP contribution is 2.23. The van der Waals surface area contributed by atoms with Gasteiger partial charge in [-0.3, -0.25) is 0 Å². The molecule has 1 fully saturated rings. The zero-order valence-electron chi connectivity index (χ0n) is 12.8. The van der Waals surface area contributed by atoms with Gasteiger partial charge in [-0.2, -0.15) is 0 Å². The third-order valence-electron chi connectivity index (χ3n) is 3.54. The monoisotopic (exact) mass is 403 g/mol. The highest BCUT2D eigenvalue weighted by molar-refractivity contribution is 9.10. The Bertz CT molecular complexity index is 580. The van der Waals surface area contributed by atoms with Crippen molar-refractivity contribution in [1.29, 1.82) is 0 Å². The van der Waals surface area contributed by atoms with Crippen molar-refractivity contribution in [2.75, 3.05) is 25.0 Å². The molecule has 5 nitrogen and oxygen atoms in total. The Kier molecular flexibility index (Phi) is 6.59. The molecule has 0 saturated carbocycles. The lowest BCUT2D eigenvalue weighted by Gasteiger charge is -2.32. The van der Waals surface area contributed by atoms with Gasteiger partial charge in [0.15, 0.2) is 5.11 Å². The Labute approximate surface area is 148 Å². The van der Waals surface area contributed by atoms with Gasteiger partial charge in [-0.25, -0.2) is 9.18 Å². The third-order valence-corrected chi connectivity index (χ3v) is 4.41. The minimum Gasteiger partial charge on any atom is -0.450 e. The van der Waals surface area contributed by atoms with E-state index in [0.29, 0.717) is 35.0 Å². The number of carbonyl (C=O) groups excluding carboxylic acids is 1. The summed E-state index contributed by atoms with van der Waals surface area (Å²) in [5, 5.41) is 6.75. The number of amides is 1. The topological polar surface area (TPSA) is 53.6 Å². The van der Waals surface area contributed by atoms with Gasteiger partial charge < -0.3 is 20.3 Å². The number of nitrogens with one attached hydrogen (secondary N) is 2. The second-order valence-electron chi connectivity index (χ2n) is 5.18. The van der Waals surface area contributed by atoms with Crippen LogP contribution in [0.3, 0.4) is 0 Å². The van der Waals surface area contributed by atoms with Crippen molar-refractivity contribution in [1.82, 2.24) is 10.2 Å². The highest BCUT2D eigenvalue weighted by atomic mass is 79.9. The number of hydrogen-bond donors (Lipinski definition) is 2. The SMILES string of the molecule is CCOC(=O)N1CCC(NC(=S)Nc2ccc(F)cc2Br)CC1. The molecule has 1 amide bonds. The number of nitrogens with zero attached hydrogens (tertiary/aromatic N) is 1. The third kappa shape index (κ3) is 5.31. The maximum Gasteiger partial charge on any atom is 0.409 e. The van der Waals surface area contributed by atoms with Crippen LogP contribution in [-0.4, -0.2) is 41.8 Å². The standard InChI is InChI=1S/C15H19BrFN3O2S/c1-2-22-15(21)20-7-5-11(6-8-20)18-14(23)19-13-4-3-10(17)9-12(13)16/h3-4,9,11H,2,5-8H2,1H3,(H2,18,19,23). The van der Waals surface area contributed by atoms with Crippen LogP contribution in [0.1, 0.15) is 19.8 Å². The van der Waals surface area contributed by atoms with E-state index in [9.17, 15) is 9.18 Å². The molecule has 0 radical (unpaired) electrons. The van der Waals surface area contributed by atoms with Crippen LogP contribution < -0.4 is 10.6 Å². The van der Waals surface area contributed by atoms with E-state index in [1.807, 2.05) is 0 Å². The highest BCUT2D eigenvalue weighted by Gasteiger charge is 2.23. The van der Waals surface area contributed by atoms with Crippen molar-refractivity contribution in [2.45, 2.75) is 25.8 Å². The normalized spacial score (nSPS) is 15.2. The first-order valence-corrected chi connectivity index (χ1v) is 8.64. The molecule has 1 aromatic rings. The smallest absolute Gasteiger partial charge is 0.409 e. The van der Waals surface area contributed by atoms with E-state index in [1.54, 1.807) is 17.9 Å². The number of halogens is 2. The largest absolute Gasteiger partial charge is 0.450 e. The number of carbonyl (C=O) groups is 1. The van der Waals surface area contributed by atoms with Gasteiger partial charge in [0.25, 0.3) is 0 Å². The second-order valence-corrected chi connectivity index (χ2v) is 6.45. The fraction of sp³-hybridized carbons (Fsp3) is 0.467. The summed E-state index contributed by atoms with van der Waals surface area (Å²) in [7, 11) is 0. The van der Waals surface area contributed by atoms with Gasteiger partial charge in [-0.05, 0) is 66.1 Å². The molecule has 0 bridgehead atoms. The van der Waals surface area contributed by atoms with Gasteiger partial charge in [-0.1, -0.05) is 0 Å². The van der Waals surface area contributed by atoms with E-state index in [-0.39, 0.29) is 18.0 Å². The predicted octanol–water partition coefficient (Wildman–Crippen LogP) is 3.50. The predicted molar refractivity (Wildman–Crippen MR) is 95.1 cm³/mol. The Morgan fingerprint density at radius 3 is 2.78 bits per heavy atom. The van der Waals surface area contributed by atoms with Crippen LogP contribution in [0, 0.1) is 5.82 Å². The zero-order chi connectivity index (χ0) is 16.8. The molecule has 0 spiro atoms. The summed E-state index contributed by atoms with van der Waals surface area (Å²) in [6.07, 6.45) is 1.33. The molecule has 0 aliphatic carbocycles. The Morgan fingerprint density at radius 2 is 2.17 bits per heavy atom. The van der Waals surface area contributed by atoms with Crippen molar-refractivity contribution < 1.29 is 13.9 Å². The van der Waals surface area contributed by atoms with Crippen LogP contribution in [0.15, 0.2) is 22.7 Å². The fourth-order valence-electron chi connectivity index (χ4n) is 2.36. The molecule has 1 saturated heterocycles. The number of benzene rings is 1. The molecule has 126 valence electrons. The minimum absolute atomic E-state index is 0.194. The van der Waals surface area contributed by atoms with E-state index in [2.05, 4.69) is 26.6 Å². The molecule has 2 rings (SSSR count). The van der Waals surface area contributed by atoms with Crippen molar-refractivity contribution >= 4 is 45.0 Å². The maximum absolute atomic E-state index is 13.1. The summed E-state index contributed by atoms with van der Waals surface area (Å²) in [5.74, 6) is -0.312. The van der Waals surface area contributed by atoms with Gasteiger partial charge in [-0.15, -0.1) is 0 Å². The average Bonchev–Trinajstić information content (AvgIpc) is 2.51. The minimum atomic E-state index is -0.312. The number of rotatable bonds is 3. The Morgan fingerprint density at radius 1 is 1.48 bits per heavy atom. The number of likely N-dealkylation sites (tertiary alicyclic amines) is 1. The quantitative estimate of drug-likeness (QED) is 0.756. The van der Waals surface area contributed by atoms with Crippen LogP contribution in [0.25, 0.3) is 0 Å². The number of piperidine rings is 1. The van der Waals surface area contributed by atoms with Gasteiger partial charge in [0.05, 0.1) is 12.3 Å². The second kappa shape index (κ2) is 8.44. The summed E-state index contributed by atoms with van der Waals surface area (Å²) >= 11 is 8.58. The van der Waals surface area contributed by atoms with Crippen molar-refractivity contribution in [3.63, 3.8) is 0 Å². The molecule has 2 N–H and O–H groups in total. The number of ether oxygens (including phenoxy) is 1. The van der Waals surface area contributed by atoms with Crippen LogP contribution in [-0.2, 0) is 4.74 Å². The molecule has 0 unspecified atom stereocenters. The van der Waals surface area contributed by atoms with Crippen LogP contribution >= 0.6 is 28.1 Å². The van der Waals surface area contributed by atoms with Crippen molar-refractivity contribution in [3.8, 4) is 0 Å². The van der Waals surface area contributed by atoms with Crippen molar-refractivity contribution in [3.05, 3.63) is 28.5 Å². The number of hydrogen-bond acceptors (Lipinski definition) is 3.